The highest BCUT2D eigenvalue weighted by Crippen LogP contribution is 2.34. The van der Waals surface area contributed by atoms with Crippen LogP contribution in [-0.4, -0.2) is 5.25 Å². The van der Waals surface area contributed by atoms with Gasteiger partial charge in [-0.25, -0.2) is 0 Å². The van der Waals surface area contributed by atoms with E-state index in [9.17, 15) is 0 Å². The van der Waals surface area contributed by atoms with Gasteiger partial charge in [0, 0.05) is 27.3 Å². The average Bonchev–Trinajstić information content (AvgIpc) is 3.11. The van der Waals surface area contributed by atoms with E-state index >= 15 is 0 Å². The standard InChI is InChI=1S/C16H19NS2/c1-2-5-14(4-1)19-15-9-7-13(8-10-15)17-12-16-6-3-11-18-16/h3,6-11,14,17H,1-2,4-5,12H2. The van der Waals surface area contributed by atoms with Crippen molar-refractivity contribution >= 4 is 28.8 Å². The summed E-state index contributed by atoms with van der Waals surface area (Å²) >= 11 is 3.85. The van der Waals surface area contributed by atoms with Gasteiger partial charge in [-0.2, -0.15) is 0 Å². The van der Waals surface area contributed by atoms with Gasteiger partial charge in [0.15, 0.2) is 0 Å². The van der Waals surface area contributed by atoms with Crippen LogP contribution in [-0.2, 0) is 6.54 Å². The Bertz CT molecular complexity index is 484. The van der Waals surface area contributed by atoms with Crippen LogP contribution in [0.5, 0.6) is 0 Å². The normalized spacial score (nSPS) is 15.8. The summed E-state index contributed by atoms with van der Waals surface area (Å²) in [6.07, 6.45) is 5.61. The molecule has 0 atom stereocenters. The third kappa shape index (κ3) is 3.77. The van der Waals surface area contributed by atoms with Gasteiger partial charge < -0.3 is 5.32 Å². The number of hydrogen-bond donors (Lipinski definition) is 1. The Morgan fingerprint density at radius 3 is 2.58 bits per heavy atom. The lowest BCUT2D eigenvalue weighted by Gasteiger charge is -2.10. The van der Waals surface area contributed by atoms with E-state index in [1.807, 2.05) is 0 Å². The van der Waals surface area contributed by atoms with Crippen LogP contribution in [0.3, 0.4) is 0 Å². The van der Waals surface area contributed by atoms with Crippen molar-refractivity contribution in [3.05, 3.63) is 46.7 Å². The molecule has 1 aromatic heterocycles. The topological polar surface area (TPSA) is 12.0 Å². The van der Waals surface area contributed by atoms with Crippen LogP contribution in [0, 0.1) is 0 Å². The van der Waals surface area contributed by atoms with E-state index in [-0.39, 0.29) is 0 Å². The largest absolute Gasteiger partial charge is 0.380 e. The SMILES string of the molecule is c1csc(CNc2ccc(SC3CCCC3)cc2)c1. The molecule has 100 valence electrons. The molecule has 2 aromatic rings. The lowest BCUT2D eigenvalue weighted by molar-refractivity contribution is 0.886. The minimum absolute atomic E-state index is 0.852. The molecule has 0 unspecified atom stereocenters. The molecule has 1 saturated carbocycles. The molecule has 1 N–H and O–H groups in total. The van der Waals surface area contributed by atoms with Crippen molar-refractivity contribution in [3.63, 3.8) is 0 Å². The highest BCUT2D eigenvalue weighted by Gasteiger charge is 2.15. The second-order valence-electron chi connectivity index (χ2n) is 4.98. The second-order valence-corrected chi connectivity index (χ2v) is 7.39. The number of hydrogen-bond acceptors (Lipinski definition) is 3. The molecule has 0 amide bonds. The van der Waals surface area contributed by atoms with Crippen LogP contribution in [0.15, 0.2) is 46.7 Å². The lowest BCUT2D eigenvalue weighted by Crippen LogP contribution is -1.97. The fraction of sp³-hybridized carbons (Fsp3) is 0.375. The Kier molecular flexibility index (Phi) is 4.46. The van der Waals surface area contributed by atoms with Crippen molar-refractivity contribution in [1.82, 2.24) is 0 Å². The summed E-state index contributed by atoms with van der Waals surface area (Å²) in [5.41, 5.74) is 1.21. The van der Waals surface area contributed by atoms with Gasteiger partial charge in [-0.05, 0) is 48.6 Å². The van der Waals surface area contributed by atoms with Crippen LogP contribution < -0.4 is 5.32 Å². The van der Waals surface area contributed by atoms with Gasteiger partial charge in [-0.15, -0.1) is 23.1 Å². The summed E-state index contributed by atoms with van der Waals surface area (Å²) in [6.45, 7) is 0.923. The molecule has 0 spiro atoms. The molecule has 0 radical (unpaired) electrons. The number of rotatable bonds is 5. The minimum atomic E-state index is 0.852. The van der Waals surface area contributed by atoms with Crippen molar-refractivity contribution < 1.29 is 0 Å². The second kappa shape index (κ2) is 6.49. The van der Waals surface area contributed by atoms with Gasteiger partial charge in [-0.1, -0.05) is 18.9 Å². The van der Waals surface area contributed by atoms with Crippen LogP contribution in [0.2, 0.25) is 0 Å². The summed E-state index contributed by atoms with van der Waals surface area (Å²) in [5, 5.41) is 6.44. The molecule has 19 heavy (non-hydrogen) atoms. The molecule has 0 saturated heterocycles. The lowest BCUT2D eigenvalue weighted by atomic mass is 10.3. The number of anilines is 1. The van der Waals surface area contributed by atoms with E-state index in [0.717, 1.165) is 11.8 Å². The van der Waals surface area contributed by atoms with E-state index in [1.165, 1.54) is 41.1 Å². The summed E-state index contributed by atoms with van der Waals surface area (Å²) in [5.74, 6) is 0. The van der Waals surface area contributed by atoms with Crippen LogP contribution in [0.1, 0.15) is 30.6 Å². The van der Waals surface area contributed by atoms with E-state index in [4.69, 9.17) is 0 Å². The fourth-order valence-corrected chi connectivity index (χ4v) is 4.34. The summed E-state index contributed by atoms with van der Waals surface area (Å²) in [6, 6.07) is 13.2. The zero-order valence-electron chi connectivity index (χ0n) is 11.0. The molecule has 0 aliphatic heterocycles. The van der Waals surface area contributed by atoms with Gasteiger partial charge >= 0.3 is 0 Å². The van der Waals surface area contributed by atoms with Crippen molar-refractivity contribution in [2.45, 2.75) is 42.4 Å². The van der Waals surface area contributed by atoms with E-state index in [0.29, 0.717) is 0 Å². The molecular formula is C16H19NS2. The first-order valence-corrected chi connectivity index (χ1v) is 8.69. The molecule has 1 nitrogen and oxygen atoms in total. The van der Waals surface area contributed by atoms with E-state index in [2.05, 4.69) is 58.9 Å². The Hall–Kier alpha value is -0.930. The quantitative estimate of drug-likeness (QED) is 0.791. The van der Waals surface area contributed by atoms with Gasteiger partial charge in [0.2, 0.25) is 0 Å². The maximum absolute atomic E-state index is 3.47. The predicted octanol–water partition coefficient (Wildman–Crippen LogP) is 5.39. The molecule has 1 heterocycles. The molecule has 1 aliphatic rings. The minimum Gasteiger partial charge on any atom is -0.380 e. The highest BCUT2D eigenvalue weighted by molar-refractivity contribution is 8.00. The van der Waals surface area contributed by atoms with Crippen molar-refractivity contribution in [2.24, 2.45) is 0 Å². The highest BCUT2D eigenvalue weighted by atomic mass is 32.2. The first kappa shape index (κ1) is 13.1. The maximum atomic E-state index is 3.47. The van der Waals surface area contributed by atoms with Crippen LogP contribution in [0.4, 0.5) is 5.69 Å². The van der Waals surface area contributed by atoms with Crippen molar-refractivity contribution in [3.8, 4) is 0 Å². The van der Waals surface area contributed by atoms with E-state index < -0.39 is 0 Å². The molecule has 1 fully saturated rings. The zero-order valence-corrected chi connectivity index (χ0v) is 12.6. The summed E-state index contributed by atoms with van der Waals surface area (Å²) < 4.78 is 0. The predicted molar refractivity (Wildman–Crippen MR) is 86.2 cm³/mol. The van der Waals surface area contributed by atoms with Gasteiger partial charge in [0.1, 0.15) is 0 Å². The van der Waals surface area contributed by atoms with Gasteiger partial charge in [0.05, 0.1) is 0 Å². The molecule has 0 bridgehead atoms. The number of benzene rings is 1. The Labute approximate surface area is 123 Å². The van der Waals surface area contributed by atoms with Crippen molar-refractivity contribution in [1.29, 1.82) is 0 Å². The Morgan fingerprint density at radius 2 is 1.89 bits per heavy atom. The molecule has 1 aromatic carbocycles. The van der Waals surface area contributed by atoms with Gasteiger partial charge in [0.25, 0.3) is 0 Å². The smallest absolute Gasteiger partial charge is 0.0494 e. The van der Waals surface area contributed by atoms with Crippen LogP contribution >= 0.6 is 23.1 Å². The number of nitrogens with one attached hydrogen (secondary N) is 1. The molecular weight excluding hydrogens is 270 g/mol. The van der Waals surface area contributed by atoms with Crippen molar-refractivity contribution in [2.75, 3.05) is 5.32 Å². The Balaban J connectivity index is 1.53. The zero-order chi connectivity index (χ0) is 12.9. The third-order valence-corrected chi connectivity index (χ3v) is 5.73. The summed E-state index contributed by atoms with van der Waals surface area (Å²) in [7, 11) is 0. The summed E-state index contributed by atoms with van der Waals surface area (Å²) in [4.78, 5) is 2.79. The average molecular weight is 289 g/mol. The van der Waals surface area contributed by atoms with Crippen LogP contribution in [0.25, 0.3) is 0 Å². The first-order valence-electron chi connectivity index (χ1n) is 6.93. The number of thiophene rings is 1. The van der Waals surface area contributed by atoms with Gasteiger partial charge in [-0.3, -0.25) is 0 Å². The first-order chi connectivity index (χ1) is 9.40. The van der Waals surface area contributed by atoms with E-state index in [1.54, 1.807) is 11.3 Å². The molecule has 3 heteroatoms. The third-order valence-electron chi connectivity index (χ3n) is 3.51. The fourth-order valence-electron chi connectivity index (χ4n) is 2.45. The number of thioether (sulfide) groups is 1. The molecule has 3 rings (SSSR count). The monoisotopic (exact) mass is 289 g/mol. The molecule has 1 aliphatic carbocycles. The Morgan fingerprint density at radius 1 is 1.11 bits per heavy atom. The maximum Gasteiger partial charge on any atom is 0.0494 e.